The van der Waals surface area contributed by atoms with E-state index in [1.54, 1.807) is 18.3 Å². The van der Waals surface area contributed by atoms with Gasteiger partial charge in [0, 0.05) is 48.2 Å². The highest BCUT2D eigenvalue weighted by Gasteiger charge is 2.28. The minimum atomic E-state index is -0.587. The molecular formula is C33H34N6O4. The number of fused-ring (bicyclic) bond motifs is 1. The molecule has 0 bridgehead atoms. The number of nitrogens with one attached hydrogen (secondary N) is 2. The number of carbonyl (C=O) groups excluding carboxylic acids is 1. The predicted molar refractivity (Wildman–Crippen MR) is 165 cm³/mol. The van der Waals surface area contributed by atoms with E-state index in [9.17, 15) is 14.7 Å². The second-order valence-electron chi connectivity index (χ2n) is 11.0. The fourth-order valence-electron chi connectivity index (χ4n) is 5.88. The van der Waals surface area contributed by atoms with Crippen molar-refractivity contribution in [1.29, 1.82) is 0 Å². The molecule has 1 aliphatic heterocycles. The zero-order valence-electron chi connectivity index (χ0n) is 24.2. The van der Waals surface area contributed by atoms with Crippen molar-refractivity contribution in [2.45, 2.75) is 38.8 Å². The lowest BCUT2D eigenvalue weighted by Gasteiger charge is -2.33. The van der Waals surface area contributed by atoms with E-state index in [1.165, 1.54) is 17.5 Å². The largest absolute Gasteiger partial charge is 0.492 e. The molecule has 3 aromatic heterocycles. The summed E-state index contributed by atoms with van der Waals surface area (Å²) < 4.78 is 6.33. The van der Waals surface area contributed by atoms with Crippen molar-refractivity contribution in [1.82, 2.24) is 24.8 Å². The number of imidazole rings is 1. The lowest BCUT2D eigenvalue weighted by Crippen LogP contribution is -2.34. The van der Waals surface area contributed by atoms with Crippen molar-refractivity contribution in [2.24, 2.45) is 0 Å². The number of aromatic amines is 2. The number of aromatic hydroxyl groups is 1. The summed E-state index contributed by atoms with van der Waals surface area (Å²) in [4.78, 5) is 42.8. The first-order chi connectivity index (χ1) is 20.9. The number of para-hydroxylation sites is 1. The maximum Gasteiger partial charge on any atom is 0.327 e. The van der Waals surface area contributed by atoms with Gasteiger partial charge in [0.15, 0.2) is 5.82 Å². The molecule has 0 unspecified atom stereocenters. The molecule has 0 radical (unpaired) electrons. The molecule has 220 valence electrons. The molecule has 0 atom stereocenters. The Kier molecular flexibility index (Phi) is 7.93. The van der Waals surface area contributed by atoms with Crippen molar-refractivity contribution in [2.75, 3.05) is 25.0 Å². The highest BCUT2D eigenvalue weighted by Crippen LogP contribution is 2.35. The van der Waals surface area contributed by atoms with Crippen LogP contribution in [0.2, 0.25) is 0 Å². The predicted octanol–water partition coefficient (Wildman–Crippen LogP) is 4.90. The smallest absolute Gasteiger partial charge is 0.327 e. The highest BCUT2D eigenvalue weighted by atomic mass is 16.5. The van der Waals surface area contributed by atoms with Gasteiger partial charge >= 0.3 is 5.69 Å². The number of aryl methyl sites for hydroxylation is 1. The van der Waals surface area contributed by atoms with Crippen molar-refractivity contribution < 1.29 is 14.6 Å². The van der Waals surface area contributed by atoms with Crippen LogP contribution in [0.3, 0.4) is 0 Å². The second-order valence-corrected chi connectivity index (χ2v) is 11.0. The minimum absolute atomic E-state index is 0.0208. The number of hydrogen-bond donors (Lipinski definition) is 3. The molecule has 43 heavy (non-hydrogen) atoms. The molecule has 1 aliphatic rings. The molecule has 0 spiro atoms. The monoisotopic (exact) mass is 578 g/mol. The molecule has 0 saturated carbocycles. The van der Waals surface area contributed by atoms with Crippen LogP contribution >= 0.6 is 0 Å². The average molecular weight is 579 g/mol. The van der Waals surface area contributed by atoms with Gasteiger partial charge in [-0.2, -0.15) is 0 Å². The molecule has 1 saturated heterocycles. The van der Waals surface area contributed by atoms with E-state index < -0.39 is 5.69 Å². The van der Waals surface area contributed by atoms with Crippen LogP contribution in [-0.2, 0) is 13.2 Å². The first-order valence-corrected chi connectivity index (χ1v) is 14.4. The number of amides is 1. The fraction of sp³-hybridized carbons (Fsp3) is 0.273. The van der Waals surface area contributed by atoms with Crippen LogP contribution in [0.25, 0.3) is 10.9 Å². The van der Waals surface area contributed by atoms with Gasteiger partial charge < -0.3 is 9.84 Å². The number of carbonyl (C=O) groups is 1. The molecule has 4 heterocycles. The first-order valence-electron chi connectivity index (χ1n) is 14.4. The number of anilines is 1. The summed E-state index contributed by atoms with van der Waals surface area (Å²) in [6, 6.07) is 19.6. The van der Waals surface area contributed by atoms with E-state index in [1.807, 2.05) is 55.6 Å². The van der Waals surface area contributed by atoms with E-state index in [-0.39, 0.29) is 23.5 Å². The quantitative estimate of drug-likeness (QED) is 0.239. The summed E-state index contributed by atoms with van der Waals surface area (Å²) in [7, 11) is 1.53. The van der Waals surface area contributed by atoms with Crippen LogP contribution in [0.4, 0.5) is 5.82 Å². The molecule has 5 aromatic rings. The molecule has 3 N–H and O–H groups in total. The summed E-state index contributed by atoms with van der Waals surface area (Å²) >= 11 is 0. The van der Waals surface area contributed by atoms with Gasteiger partial charge in [0.05, 0.1) is 5.52 Å². The van der Waals surface area contributed by atoms with E-state index in [4.69, 9.17) is 4.74 Å². The van der Waals surface area contributed by atoms with Gasteiger partial charge in [0.2, 0.25) is 5.88 Å². The summed E-state index contributed by atoms with van der Waals surface area (Å²) in [6.07, 6.45) is 5.41. The van der Waals surface area contributed by atoms with E-state index in [2.05, 4.69) is 30.9 Å². The Bertz CT molecular complexity index is 1810. The number of hydrogen-bond acceptors (Lipinski definition) is 7. The Hall–Kier alpha value is -4.96. The molecule has 2 aromatic carbocycles. The van der Waals surface area contributed by atoms with Crippen LogP contribution in [0.1, 0.15) is 51.5 Å². The lowest BCUT2D eigenvalue weighted by molar-refractivity contribution is 0.0989. The third kappa shape index (κ3) is 6.14. The van der Waals surface area contributed by atoms with Gasteiger partial charge in [0.1, 0.15) is 12.4 Å². The van der Waals surface area contributed by atoms with Crippen molar-refractivity contribution in [3.05, 3.63) is 111 Å². The summed E-state index contributed by atoms with van der Waals surface area (Å²) in [5.41, 5.74) is 4.88. The molecular weight excluding hydrogens is 544 g/mol. The number of nitrogens with zero attached hydrogens (tertiary/aromatic N) is 4. The van der Waals surface area contributed by atoms with Gasteiger partial charge in [-0.1, -0.05) is 24.3 Å². The SMILES string of the molecule is Cc1cc(COc2ccc(C(=O)N(C)c3[nH]c(=O)[nH]c3O)c(C3CCN(Cc4cccnc4)CC3)c2)c2ccccc2n1. The van der Waals surface area contributed by atoms with Crippen LogP contribution in [0.15, 0.2) is 77.9 Å². The number of benzene rings is 2. The number of ether oxygens (including phenoxy) is 1. The normalized spacial score (nSPS) is 14.2. The van der Waals surface area contributed by atoms with Crippen LogP contribution in [0, 0.1) is 6.92 Å². The molecule has 1 fully saturated rings. The standard InChI is InChI=1S/C33H34N6O4/c1-21-16-24(26-7-3-4-8-29(26)35-21)20-43-25-9-10-27(32(41)38(2)30-31(40)37-33(42)36-30)28(17-25)23-11-14-39(15-12-23)19-22-6-5-13-34-18-22/h3-10,13,16-18,23,40H,11-12,14-15,19-20H2,1-2H3,(H2,36,37,42). The van der Waals surface area contributed by atoms with Crippen LogP contribution < -0.4 is 15.3 Å². The fourth-order valence-corrected chi connectivity index (χ4v) is 5.88. The molecule has 10 nitrogen and oxygen atoms in total. The van der Waals surface area contributed by atoms with Gasteiger partial charge in [-0.3, -0.25) is 34.5 Å². The third-order valence-electron chi connectivity index (χ3n) is 8.06. The summed E-state index contributed by atoms with van der Waals surface area (Å²) in [5.74, 6) is 0.103. The van der Waals surface area contributed by atoms with Gasteiger partial charge in [0.25, 0.3) is 5.91 Å². The average Bonchev–Trinajstić information content (AvgIpc) is 3.37. The zero-order chi connectivity index (χ0) is 29.9. The Labute approximate surface area is 249 Å². The number of pyridine rings is 2. The van der Waals surface area contributed by atoms with Gasteiger partial charge in [-0.05, 0) is 86.3 Å². The maximum atomic E-state index is 13.8. The Balaban J connectivity index is 1.27. The number of piperidine rings is 1. The minimum Gasteiger partial charge on any atom is -0.492 e. The third-order valence-corrected chi connectivity index (χ3v) is 8.06. The highest BCUT2D eigenvalue weighted by molar-refractivity contribution is 6.07. The number of H-pyrrole nitrogens is 2. The van der Waals surface area contributed by atoms with E-state index in [0.717, 1.165) is 60.2 Å². The van der Waals surface area contributed by atoms with Gasteiger partial charge in [-0.25, -0.2) is 4.79 Å². The van der Waals surface area contributed by atoms with Crippen molar-refractivity contribution in [3.8, 4) is 11.6 Å². The summed E-state index contributed by atoms with van der Waals surface area (Å²) in [6.45, 7) is 4.92. The van der Waals surface area contributed by atoms with Gasteiger partial charge in [-0.15, -0.1) is 0 Å². The van der Waals surface area contributed by atoms with E-state index in [0.29, 0.717) is 17.9 Å². The molecule has 0 aliphatic carbocycles. The lowest BCUT2D eigenvalue weighted by atomic mass is 9.85. The maximum absolute atomic E-state index is 13.8. The summed E-state index contributed by atoms with van der Waals surface area (Å²) in [5, 5.41) is 11.2. The molecule has 10 heteroatoms. The molecule has 1 amide bonds. The Morgan fingerprint density at radius 2 is 1.91 bits per heavy atom. The van der Waals surface area contributed by atoms with Crippen LogP contribution in [-0.4, -0.2) is 56.0 Å². The number of likely N-dealkylation sites (tertiary alicyclic amines) is 1. The Morgan fingerprint density at radius 3 is 2.65 bits per heavy atom. The topological polar surface area (TPSA) is 127 Å². The second kappa shape index (κ2) is 12.1. The zero-order valence-corrected chi connectivity index (χ0v) is 24.2. The van der Waals surface area contributed by atoms with E-state index >= 15 is 0 Å². The van der Waals surface area contributed by atoms with Crippen molar-refractivity contribution in [3.63, 3.8) is 0 Å². The number of aromatic nitrogens is 4. The Morgan fingerprint density at radius 1 is 1.09 bits per heavy atom. The first kappa shape index (κ1) is 28.2. The number of rotatable bonds is 8. The molecule has 6 rings (SSSR count). The van der Waals surface area contributed by atoms with Crippen LogP contribution in [0.5, 0.6) is 11.6 Å². The van der Waals surface area contributed by atoms with Crippen molar-refractivity contribution >= 4 is 22.6 Å².